The van der Waals surface area contributed by atoms with Gasteiger partial charge in [-0.2, -0.15) is 0 Å². The van der Waals surface area contributed by atoms with E-state index in [2.05, 4.69) is 5.32 Å². The fraction of sp³-hybridized carbons (Fsp3) is 0.235. The van der Waals surface area contributed by atoms with Gasteiger partial charge in [0.25, 0.3) is 5.91 Å². The van der Waals surface area contributed by atoms with Crippen LogP contribution in [0.1, 0.15) is 10.4 Å². The van der Waals surface area contributed by atoms with Gasteiger partial charge in [0.15, 0.2) is 11.5 Å². The molecule has 6 heteroatoms. The van der Waals surface area contributed by atoms with Gasteiger partial charge in [-0.3, -0.25) is 4.79 Å². The summed E-state index contributed by atoms with van der Waals surface area (Å²) in [7, 11) is 3.11. The molecule has 2 aromatic rings. The molecule has 23 heavy (non-hydrogen) atoms. The van der Waals surface area contributed by atoms with Crippen LogP contribution in [0.5, 0.6) is 23.0 Å². The normalized spacial score (nSPS) is 12.4. The van der Waals surface area contributed by atoms with Crippen molar-refractivity contribution in [3.05, 3.63) is 42.0 Å². The van der Waals surface area contributed by atoms with Gasteiger partial charge in [-0.1, -0.05) is 6.07 Å². The third-order valence-corrected chi connectivity index (χ3v) is 3.42. The van der Waals surface area contributed by atoms with Gasteiger partial charge in [-0.05, 0) is 12.1 Å². The summed E-state index contributed by atoms with van der Waals surface area (Å²) in [6.07, 6.45) is 0. The summed E-state index contributed by atoms with van der Waals surface area (Å²) < 4.78 is 21.5. The Kier molecular flexibility index (Phi) is 4.23. The van der Waals surface area contributed by atoms with Crippen molar-refractivity contribution in [2.24, 2.45) is 0 Å². The topological polar surface area (TPSA) is 66.0 Å². The SMILES string of the molecule is COc1cc(NC(=O)c2cccc3c2OCCO3)cc(OC)c1. The predicted molar refractivity (Wildman–Crippen MR) is 84.9 cm³/mol. The number of nitrogens with one attached hydrogen (secondary N) is 1. The van der Waals surface area contributed by atoms with Crippen LogP contribution in [-0.4, -0.2) is 33.3 Å². The van der Waals surface area contributed by atoms with Gasteiger partial charge in [0.2, 0.25) is 0 Å². The minimum absolute atomic E-state index is 0.289. The van der Waals surface area contributed by atoms with Crippen molar-refractivity contribution in [2.75, 3.05) is 32.8 Å². The summed E-state index contributed by atoms with van der Waals surface area (Å²) in [5.41, 5.74) is 0.990. The molecule has 1 aliphatic rings. The zero-order valence-corrected chi connectivity index (χ0v) is 12.9. The number of amides is 1. The number of hydrogen-bond acceptors (Lipinski definition) is 5. The van der Waals surface area contributed by atoms with Crippen molar-refractivity contribution in [1.82, 2.24) is 0 Å². The molecule has 1 N–H and O–H groups in total. The van der Waals surface area contributed by atoms with E-state index >= 15 is 0 Å². The molecule has 0 spiro atoms. The Labute approximate surface area is 133 Å². The van der Waals surface area contributed by atoms with E-state index in [9.17, 15) is 4.79 Å². The molecule has 0 saturated heterocycles. The van der Waals surface area contributed by atoms with Crippen molar-refractivity contribution >= 4 is 11.6 Å². The highest BCUT2D eigenvalue weighted by atomic mass is 16.6. The van der Waals surface area contributed by atoms with E-state index in [1.807, 2.05) is 0 Å². The molecule has 0 aliphatic carbocycles. The van der Waals surface area contributed by atoms with Crippen LogP contribution in [-0.2, 0) is 0 Å². The summed E-state index contributed by atoms with van der Waals surface area (Å²) in [6, 6.07) is 10.4. The molecular weight excluding hydrogens is 298 g/mol. The average molecular weight is 315 g/mol. The molecule has 2 aromatic carbocycles. The third-order valence-electron chi connectivity index (χ3n) is 3.42. The average Bonchev–Trinajstić information content (AvgIpc) is 2.60. The second-order valence-corrected chi connectivity index (χ2v) is 4.89. The van der Waals surface area contributed by atoms with E-state index in [4.69, 9.17) is 18.9 Å². The lowest BCUT2D eigenvalue weighted by atomic mass is 10.1. The van der Waals surface area contributed by atoms with Crippen molar-refractivity contribution in [2.45, 2.75) is 0 Å². The molecular formula is C17H17NO5. The number of ether oxygens (including phenoxy) is 4. The highest BCUT2D eigenvalue weighted by Crippen LogP contribution is 2.34. The lowest BCUT2D eigenvalue weighted by Gasteiger charge is -2.20. The Balaban J connectivity index is 1.88. The van der Waals surface area contributed by atoms with Crippen molar-refractivity contribution in [3.8, 4) is 23.0 Å². The molecule has 6 nitrogen and oxygen atoms in total. The number of rotatable bonds is 4. The maximum atomic E-state index is 12.6. The number of methoxy groups -OCH3 is 2. The monoisotopic (exact) mass is 315 g/mol. The zero-order chi connectivity index (χ0) is 16.2. The van der Waals surface area contributed by atoms with Gasteiger partial charge >= 0.3 is 0 Å². The number of fused-ring (bicyclic) bond motifs is 1. The van der Waals surface area contributed by atoms with Crippen LogP contribution in [0.15, 0.2) is 36.4 Å². The van der Waals surface area contributed by atoms with E-state index in [1.54, 1.807) is 50.6 Å². The minimum atomic E-state index is -0.289. The molecule has 0 fully saturated rings. The summed E-state index contributed by atoms with van der Waals surface area (Å²) >= 11 is 0. The second kappa shape index (κ2) is 6.48. The van der Waals surface area contributed by atoms with E-state index in [0.717, 1.165) is 0 Å². The first-order valence-corrected chi connectivity index (χ1v) is 7.14. The molecule has 1 amide bonds. The largest absolute Gasteiger partial charge is 0.497 e. The van der Waals surface area contributed by atoms with E-state index in [1.165, 1.54) is 0 Å². The fourth-order valence-electron chi connectivity index (χ4n) is 2.33. The molecule has 0 bridgehead atoms. The Bertz CT molecular complexity index is 707. The number of carbonyl (C=O) groups is 1. The number of benzene rings is 2. The number of hydrogen-bond donors (Lipinski definition) is 1. The molecule has 1 heterocycles. The van der Waals surface area contributed by atoms with E-state index in [-0.39, 0.29) is 5.91 Å². The molecule has 3 rings (SSSR count). The summed E-state index contributed by atoms with van der Waals surface area (Å²) in [5, 5.41) is 2.82. The van der Waals surface area contributed by atoms with Gasteiger partial charge in [0, 0.05) is 23.9 Å². The predicted octanol–water partition coefficient (Wildman–Crippen LogP) is 2.73. The highest BCUT2D eigenvalue weighted by molar-refractivity contribution is 6.07. The molecule has 0 saturated carbocycles. The van der Waals surface area contributed by atoms with Gasteiger partial charge in [0.05, 0.1) is 19.8 Å². The third kappa shape index (κ3) is 3.15. The van der Waals surface area contributed by atoms with Gasteiger partial charge in [-0.25, -0.2) is 0 Å². The Hall–Kier alpha value is -2.89. The quantitative estimate of drug-likeness (QED) is 0.940. The molecule has 0 aromatic heterocycles. The second-order valence-electron chi connectivity index (χ2n) is 4.89. The summed E-state index contributed by atoms with van der Waals surface area (Å²) in [6.45, 7) is 0.898. The van der Waals surface area contributed by atoms with Gasteiger partial charge in [-0.15, -0.1) is 0 Å². The Morgan fingerprint density at radius 3 is 2.43 bits per heavy atom. The molecule has 0 radical (unpaired) electrons. The highest BCUT2D eigenvalue weighted by Gasteiger charge is 2.20. The van der Waals surface area contributed by atoms with Crippen LogP contribution < -0.4 is 24.3 Å². The van der Waals surface area contributed by atoms with Crippen LogP contribution in [0.3, 0.4) is 0 Å². The molecule has 0 unspecified atom stereocenters. The van der Waals surface area contributed by atoms with Crippen molar-refractivity contribution < 1.29 is 23.7 Å². The minimum Gasteiger partial charge on any atom is -0.497 e. The van der Waals surface area contributed by atoms with E-state index in [0.29, 0.717) is 47.5 Å². The Morgan fingerprint density at radius 2 is 1.74 bits per heavy atom. The standard InChI is InChI=1S/C17H17NO5/c1-20-12-8-11(9-13(10-12)21-2)18-17(19)14-4-3-5-15-16(14)23-7-6-22-15/h3-5,8-10H,6-7H2,1-2H3,(H,18,19). The summed E-state index contributed by atoms with van der Waals surface area (Å²) in [4.78, 5) is 12.6. The molecule has 1 aliphatic heterocycles. The number of anilines is 1. The fourth-order valence-corrected chi connectivity index (χ4v) is 2.33. The van der Waals surface area contributed by atoms with E-state index < -0.39 is 0 Å². The maximum absolute atomic E-state index is 12.6. The summed E-state index contributed by atoms with van der Waals surface area (Å²) in [5.74, 6) is 1.93. The zero-order valence-electron chi connectivity index (χ0n) is 12.9. The van der Waals surface area contributed by atoms with Crippen LogP contribution in [0.2, 0.25) is 0 Å². The van der Waals surface area contributed by atoms with Crippen LogP contribution in [0.4, 0.5) is 5.69 Å². The van der Waals surface area contributed by atoms with Gasteiger partial charge < -0.3 is 24.3 Å². The van der Waals surface area contributed by atoms with Crippen molar-refractivity contribution in [1.29, 1.82) is 0 Å². The first kappa shape index (κ1) is 15.0. The Morgan fingerprint density at radius 1 is 1.04 bits per heavy atom. The first-order valence-electron chi connectivity index (χ1n) is 7.14. The van der Waals surface area contributed by atoms with Gasteiger partial charge in [0.1, 0.15) is 24.7 Å². The smallest absolute Gasteiger partial charge is 0.259 e. The van der Waals surface area contributed by atoms with Crippen LogP contribution in [0, 0.1) is 0 Å². The number of para-hydroxylation sites is 1. The molecule has 120 valence electrons. The van der Waals surface area contributed by atoms with Crippen LogP contribution in [0.25, 0.3) is 0 Å². The first-order chi connectivity index (χ1) is 11.2. The molecule has 0 atom stereocenters. The lowest BCUT2D eigenvalue weighted by molar-refractivity contribution is 0.101. The number of carbonyl (C=O) groups excluding carboxylic acids is 1. The lowest BCUT2D eigenvalue weighted by Crippen LogP contribution is -2.20. The van der Waals surface area contributed by atoms with Crippen LogP contribution >= 0.6 is 0 Å². The van der Waals surface area contributed by atoms with Crippen molar-refractivity contribution in [3.63, 3.8) is 0 Å². The maximum Gasteiger partial charge on any atom is 0.259 e.